The van der Waals surface area contributed by atoms with E-state index in [1.54, 1.807) is 18.5 Å². The highest BCUT2D eigenvalue weighted by molar-refractivity contribution is 6.34. The fourth-order valence-corrected chi connectivity index (χ4v) is 4.33. The van der Waals surface area contributed by atoms with Crippen molar-refractivity contribution in [2.75, 3.05) is 18.0 Å². The van der Waals surface area contributed by atoms with Gasteiger partial charge in [0.25, 0.3) is 0 Å². The molecule has 1 aliphatic heterocycles. The number of halogens is 2. The summed E-state index contributed by atoms with van der Waals surface area (Å²) >= 11 is 12.3. The highest BCUT2D eigenvalue weighted by Crippen LogP contribution is 2.28. The lowest BCUT2D eigenvalue weighted by molar-refractivity contribution is -0.119. The molecule has 0 bridgehead atoms. The third-order valence-corrected chi connectivity index (χ3v) is 5.50. The van der Waals surface area contributed by atoms with Crippen LogP contribution in [0.5, 0.6) is 5.88 Å². The van der Waals surface area contributed by atoms with Crippen molar-refractivity contribution in [1.82, 2.24) is 20.3 Å². The van der Waals surface area contributed by atoms with Crippen LogP contribution in [-0.4, -0.2) is 40.0 Å². The lowest BCUT2D eigenvalue weighted by atomic mass is 10.1. The number of nitrogens with zero attached hydrogens (tertiary/aromatic N) is 3. The molecule has 9 heteroatoms. The van der Waals surface area contributed by atoms with Crippen molar-refractivity contribution in [2.45, 2.75) is 31.9 Å². The first-order valence-corrected chi connectivity index (χ1v) is 10.8. The Bertz CT molecular complexity index is 1020. The fourth-order valence-electron chi connectivity index (χ4n) is 3.76. The standard InChI is InChI=1S/C22H23Cl2N5O2/c1-14(30)27-18-5-8-29(13-18)20-3-2-4-21(28-20)31-19(22-25-6-7-26-22)11-15-9-16(23)12-17(24)10-15/h2-4,6-7,9-10,12,18-19H,5,8,11,13H2,1H3,(H,25,26)(H,27,30). The molecule has 162 valence electrons. The smallest absolute Gasteiger partial charge is 0.217 e. The summed E-state index contributed by atoms with van der Waals surface area (Å²) in [5.41, 5.74) is 0.938. The molecule has 2 N–H and O–H groups in total. The maximum atomic E-state index is 11.3. The zero-order chi connectivity index (χ0) is 21.8. The molecule has 1 amide bonds. The van der Waals surface area contributed by atoms with Crippen molar-refractivity contribution in [3.05, 3.63) is 70.2 Å². The van der Waals surface area contributed by atoms with Crippen LogP contribution in [0.3, 0.4) is 0 Å². The number of amides is 1. The van der Waals surface area contributed by atoms with Gasteiger partial charge in [0.2, 0.25) is 11.8 Å². The number of nitrogens with one attached hydrogen (secondary N) is 2. The van der Waals surface area contributed by atoms with Gasteiger partial charge in [-0.15, -0.1) is 0 Å². The van der Waals surface area contributed by atoms with E-state index in [1.807, 2.05) is 30.3 Å². The number of hydrogen-bond donors (Lipinski definition) is 2. The van der Waals surface area contributed by atoms with Crippen molar-refractivity contribution in [1.29, 1.82) is 0 Å². The molecule has 0 aliphatic carbocycles. The van der Waals surface area contributed by atoms with E-state index in [0.29, 0.717) is 28.2 Å². The molecule has 0 radical (unpaired) electrons. The van der Waals surface area contributed by atoms with Crippen molar-refractivity contribution in [3.63, 3.8) is 0 Å². The van der Waals surface area contributed by atoms with Crippen molar-refractivity contribution in [2.24, 2.45) is 0 Å². The van der Waals surface area contributed by atoms with Crippen LogP contribution >= 0.6 is 23.2 Å². The Hall–Kier alpha value is -2.77. The van der Waals surface area contributed by atoms with E-state index in [-0.39, 0.29) is 11.9 Å². The third kappa shape index (κ3) is 5.68. The van der Waals surface area contributed by atoms with Crippen LogP contribution in [0.2, 0.25) is 10.0 Å². The Balaban J connectivity index is 1.51. The summed E-state index contributed by atoms with van der Waals surface area (Å²) < 4.78 is 6.25. The van der Waals surface area contributed by atoms with Gasteiger partial charge in [-0.1, -0.05) is 29.3 Å². The summed E-state index contributed by atoms with van der Waals surface area (Å²) in [5.74, 6) is 1.99. The van der Waals surface area contributed by atoms with Gasteiger partial charge in [-0.3, -0.25) is 4.79 Å². The topological polar surface area (TPSA) is 83.1 Å². The summed E-state index contributed by atoms with van der Waals surface area (Å²) in [4.78, 5) is 25.7. The number of imidazole rings is 1. The molecular formula is C22H23Cl2N5O2. The van der Waals surface area contributed by atoms with Gasteiger partial charge in [0.15, 0.2) is 6.10 Å². The second-order valence-electron chi connectivity index (χ2n) is 7.53. The molecule has 3 heterocycles. The van der Waals surface area contributed by atoms with Crippen LogP contribution < -0.4 is 15.0 Å². The minimum atomic E-state index is -0.391. The number of anilines is 1. The maximum Gasteiger partial charge on any atom is 0.217 e. The zero-order valence-corrected chi connectivity index (χ0v) is 18.5. The van der Waals surface area contributed by atoms with Gasteiger partial charge < -0.3 is 19.9 Å². The first kappa shape index (κ1) is 21.5. The fraction of sp³-hybridized carbons (Fsp3) is 0.318. The molecule has 1 aromatic carbocycles. The monoisotopic (exact) mass is 459 g/mol. The van der Waals surface area contributed by atoms with Gasteiger partial charge in [-0.2, -0.15) is 4.98 Å². The quantitative estimate of drug-likeness (QED) is 0.553. The van der Waals surface area contributed by atoms with E-state index < -0.39 is 6.10 Å². The first-order chi connectivity index (χ1) is 15.0. The van der Waals surface area contributed by atoms with Gasteiger partial charge >= 0.3 is 0 Å². The number of ether oxygens (including phenoxy) is 1. The second-order valence-corrected chi connectivity index (χ2v) is 8.40. The van der Waals surface area contributed by atoms with Crippen molar-refractivity contribution < 1.29 is 9.53 Å². The molecule has 1 aliphatic rings. The number of H-pyrrole nitrogens is 1. The van der Waals surface area contributed by atoms with E-state index in [1.165, 1.54) is 6.92 Å². The average Bonchev–Trinajstić information content (AvgIpc) is 3.39. The molecule has 1 saturated heterocycles. The van der Waals surface area contributed by atoms with Crippen molar-refractivity contribution >= 4 is 34.9 Å². The van der Waals surface area contributed by atoms with Crippen LogP contribution in [0.15, 0.2) is 48.8 Å². The lowest BCUT2D eigenvalue weighted by Crippen LogP contribution is -2.35. The van der Waals surface area contributed by atoms with E-state index in [2.05, 4.69) is 20.2 Å². The summed E-state index contributed by atoms with van der Waals surface area (Å²) in [7, 11) is 0. The molecule has 3 aromatic rings. The predicted octanol–water partition coefficient (Wildman–Crippen LogP) is 4.19. The average molecular weight is 460 g/mol. The number of rotatable bonds is 7. The van der Waals surface area contributed by atoms with Gasteiger partial charge in [0.1, 0.15) is 11.6 Å². The number of aromatic nitrogens is 3. The Kier molecular flexibility index (Phi) is 6.63. The molecule has 2 unspecified atom stereocenters. The molecule has 2 aromatic heterocycles. The Morgan fingerprint density at radius 1 is 1.32 bits per heavy atom. The predicted molar refractivity (Wildman–Crippen MR) is 121 cm³/mol. The van der Waals surface area contributed by atoms with Gasteiger partial charge in [0, 0.05) is 61.0 Å². The minimum absolute atomic E-state index is 0.0145. The van der Waals surface area contributed by atoms with E-state index in [4.69, 9.17) is 32.9 Å². The minimum Gasteiger partial charge on any atom is -0.466 e. The van der Waals surface area contributed by atoms with Crippen LogP contribution in [0.1, 0.15) is 30.8 Å². The van der Waals surface area contributed by atoms with E-state index in [9.17, 15) is 4.79 Å². The zero-order valence-electron chi connectivity index (χ0n) is 17.0. The molecule has 4 rings (SSSR count). The molecular weight excluding hydrogens is 437 g/mol. The van der Waals surface area contributed by atoms with Gasteiger partial charge in [0.05, 0.1) is 0 Å². The van der Waals surface area contributed by atoms with E-state index >= 15 is 0 Å². The second kappa shape index (κ2) is 9.58. The Morgan fingerprint density at radius 3 is 2.84 bits per heavy atom. The van der Waals surface area contributed by atoms with Crippen LogP contribution in [0, 0.1) is 0 Å². The number of carbonyl (C=O) groups excluding carboxylic acids is 1. The molecule has 0 saturated carbocycles. The number of hydrogen-bond acceptors (Lipinski definition) is 5. The van der Waals surface area contributed by atoms with Crippen LogP contribution in [0.25, 0.3) is 0 Å². The molecule has 0 spiro atoms. The van der Waals surface area contributed by atoms with Gasteiger partial charge in [-0.05, 0) is 36.2 Å². The normalized spacial score (nSPS) is 16.9. The summed E-state index contributed by atoms with van der Waals surface area (Å²) in [6, 6.07) is 11.2. The Morgan fingerprint density at radius 2 is 2.13 bits per heavy atom. The molecule has 31 heavy (non-hydrogen) atoms. The van der Waals surface area contributed by atoms with E-state index in [0.717, 1.165) is 30.9 Å². The molecule has 7 nitrogen and oxygen atoms in total. The summed E-state index contributed by atoms with van der Waals surface area (Å²) in [6.07, 6.45) is 4.46. The highest BCUT2D eigenvalue weighted by Gasteiger charge is 2.25. The highest BCUT2D eigenvalue weighted by atomic mass is 35.5. The van der Waals surface area contributed by atoms with Gasteiger partial charge in [-0.25, -0.2) is 4.98 Å². The number of pyridine rings is 1. The SMILES string of the molecule is CC(=O)NC1CCN(c2cccc(OC(Cc3cc(Cl)cc(Cl)c3)c3ncc[nH]3)n2)C1. The number of benzene rings is 1. The Labute approximate surface area is 190 Å². The largest absolute Gasteiger partial charge is 0.466 e. The third-order valence-electron chi connectivity index (χ3n) is 5.06. The maximum absolute atomic E-state index is 11.3. The van der Waals surface area contributed by atoms with Crippen LogP contribution in [-0.2, 0) is 11.2 Å². The van der Waals surface area contributed by atoms with Crippen molar-refractivity contribution in [3.8, 4) is 5.88 Å². The summed E-state index contributed by atoms with van der Waals surface area (Å²) in [6.45, 7) is 3.08. The molecule has 2 atom stereocenters. The summed E-state index contributed by atoms with van der Waals surface area (Å²) in [5, 5.41) is 4.12. The molecule has 1 fully saturated rings. The first-order valence-electron chi connectivity index (χ1n) is 10.1. The lowest BCUT2D eigenvalue weighted by Gasteiger charge is -2.21. The van der Waals surface area contributed by atoms with Crippen LogP contribution in [0.4, 0.5) is 5.82 Å². The number of aromatic amines is 1. The number of carbonyl (C=O) groups is 1.